The number of unbranched alkanes of at least 4 members (excludes halogenated alkanes) is 1. The molecule has 1 fully saturated rings. The van der Waals surface area contributed by atoms with E-state index in [1.807, 2.05) is 42.2 Å². The summed E-state index contributed by atoms with van der Waals surface area (Å²) in [5.41, 5.74) is 4.06. The Morgan fingerprint density at radius 1 is 1.08 bits per heavy atom. The number of carboxylic acid groups (broad SMARTS) is 1. The van der Waals surface area contributed by atoms with Crippen molar-refractivity contribution in [2.45, 2.75) is 84.7 Å². The molecule has 7 nitrogen and oxygen atoms in total. The van der Waals surface area contributed by atoms with Gasteiger partial charge in [0.15, 0.2) is 0 Å². The molecule has 2 unspecified atom stereocenters. The number of amides is 2. The molecule has 0 radical (unpaired) electrons. The first-order valence-electron chi connectivity index (χ1n) is 13.5. The Labute approximate surface area is 221 Å². The molecule has 37 heavy (non-hydrogen) atoms. The van der Waals surface area contributed by atoms with E-state index in [9.17, 15) is 14.7 Å². The third-order valence-corrected chi connectivity index (χ3v) is 6.89. The first-order valence-corrected chi connectivity index (χ1v) is 13.5. The number of rotatable bonds is 13. The van der Waals surface area contributed by atoms with Crippen molar-refractivity contribution in [3.05, 3.63) is 70.3 Å². The number of carboxylic acids is 1. The van der Waals surface area contributed by atoms with Crippen molar-refractivity contribution in [2.75, 3.05) is 19.7 Å². The lowest BCUT2D eigenvalue weighted by atomic mass is 9.94. The molecular weight excluding hydrogens is 468 g/mol. The van der Waals surface area contributed by atoms with E-state index in [2.05, 4.69) is 31.3 Å². The van der Waals surface area contributed by atoms with Crippen LogP contribution < -0.4 is 5.32 Å². The minimum absolute atomic E-state index is 0.0293. The standard InChI is InChI=1S/C30H42N2O5/c1-4-5-15-31-30(35)32(20-24-11-6-9-22(2)18-24)16-17-36-26-13-8-14-27(19-26)37-21-25-12-7-10-23(3)28(25)29(33)34/h6-7,9-12,18,26-27H,4-5,8,13-17,19-21H2,1-3H3,(H,31,35)(H,33,34). The molecule has 0 heterocycles. The maximum Gasteiger partial charge on any atom is 0.336 e. The second-order valence-corrected chi connectivity index (χ2v) is 10.0. The molecule has 0 aromatic heterocycles. The molecule has 0 spiro atoms. The summed E-state index contributed by atoms with van der Waals surface area (Å²) in [5, 5.41) is 12.6. The molecular formula is C30H42N2O5. The number of aromatic carboxylic acids is 1. The highest BCUT2D eigenvalue weighted by Gasteiger charge is 2.24. The molecule has 2 aromatic rings. The van der Waals surface area contributed by atoms with E-state index in [1.165, 1.54) is 5.56 Å². The average Bonchev–Trinajstić information content (AvgIpc) is 2.87. The lowest BCUT2D eigenvalue weighted by Crippen LogP contribution is -2.42. The number of ether oxygens (including phenoxy) is 2. The predicted molar refractivity (Wildman–Crippen MR) is 145 cm³/mol. The third-order valence-electron chi connectivity index (χ3n) is 6.89. The van der Waals surface area contributed by atoms with E-state index < -0.39 is 5.97 Å². The van der Waals surface area contributed by atoms with Gasteiger partial charge in [0, 0.05) is 19.6 Å². The summed E-state index contributed by atoms with van der Waals surface area (Å²) in [6.07, 6.45) is 5.77. The molecule has 2 aromatic carbocycles. The predicted octanol–water partition coefficient (Wildman–Crippen LogP) is 5.86. The first-order chi connectivity index (χ1) is 17.9. The van der Waals surface area contributed by atoms with Gasteiger partial charge in [0.1, 0.15) is 0 Å². The van der Waals surface area contributed by atoms with Gasteiger partial charge in [-0.05, 0) is 62.6 Å². The quantitative estimate of drug-likeness (QED) is 0.330. The number of nitrogens with zero attached hydrogens (tertiary/aromatic N) is 1. The molecule has 1 saturated carbocycles. The van der Waals surface area contributed by atoms with E-state index >= 15 is 0 Å². The summed E-state index contributed by atoms with van der Waals surface area (Å²) in [6.45, 7) is 8.45. The summed E-state index contributed by atoms with van der Waals surface area (Å²) in [6, 6.07) is 13.7. The van der Waals surface area contributed by atoms with Crippen LogP contribution in [0.2, 0.25) is 0 Å². The van der Waals surface area contributed by atoms with Crippen LogP contribution in [0.3, 0.4) is 0 Å². The van der Waals surface area contributed by atoms with Gasteiger partial charge in [0.05, 0.1) is 31.0 Å². The zero-order valence-electron chi connectivity index (χ0n) is 22.5. The number of hydrogen-bond acceptors (Lipinski definition) is 4. The van der Waals surface area contributed by atoms with E-state index in [0.717, 1.165) is 49.7 Å². The third kappa shape index (κ3) is 9.17. The Morgan fingerprint density at radius 2 is 1.84 bits per heavy atom. The number of urea groups is 1. The van der Waals surface area contributed by atoms with Crippen molar-refractivity contribution in [2.24, 2.45) is 0 Å². The second kappa shape index (κ2) is 14.7. The fourth-order valence-electron chi connectivity index (χ4n) is 4.86. The fourth-order valence-corrected chi connectivity index (χ4v) is 4.86. The first kappa shape index (κ1) is 28.7. The van der Waals surface area contributed by atoms with Gasteiger partial charge in [-0.2, -0.15) is 0 Å². The van der Waals surface area contributed by atoms with Crippen LogP contribution in [0.25, 0.3) is 0 Å². The van der Waals surface area contributed by atoms with Gasteiger partial charge < -0.3 is 24.8 Å². The Bertz CT molecular complexity index is 1020. The van der Waals surface area contributed by atoms with Crippen LogP contribution in [0.4, 0.5) is 4.79 Å². The molecule has 7 heteroatoms. The Morgan fingerprint density at radius 3 is 2.57 bits per heavy atom. The minimum atomic E-state index is -0.921. The maximum absolute atomic E-state index is 12.9. The zero-order valence-corrected chi connectivity index (χ0v) is 22.5. The van der Waals surface area contributed by atoms with E-state index in [0.29, 0.717) is 37.4 Å². The number of hydrogen-bond donors (Lipinski definition) is 2. The largest absolute Gasteiger partial charge is 0.478 e. The topological polar surface area (TPSA) is 88.1 Å². The van der Waals surface area contributed by atoms with Gasteiger partial charge in [-0.1, -0.05) is 61.4 Å². The van der Waals surface area contributed by atoms with E-state index in [4.69, 9.17) is 9.47 Å². The molecule has 2 amide bonds. The molecule has 1 aliphatic carbocycles. The highest BCUT2D eigenvalue weighted by molar-refractivity contribution is 5.91. The molecule has 0 aliphatic heterocycles. The van der Waals surface area contributed by atoms with Crippen molar-refractivity contribution >= 4 is 12.0 Å². The molecule has 202 valence electrons. The van der Waals surface area contributed by atoms with Gasteiger partial charge in [0.25, 0.3) is 0 Å². The second-order valence-electron chi connectivity index (χ2n) is 10.0. The summed E-state index contributed by atoms with van der Waals surface area (Å²) in [4.78, 5) is 26.3. The van der Waals surface area contributed by atoms with Crippen LogP contribution >= 0.6 is 0 Å². The molecule has 0 saturated heterocycles. The van der Waals surface area contributed by atoms with E-state index in [1.54, 1.807) is 0 Å². The van der Waals surface area contributed by atoms with Crippen molar-refractivity contribution < 1.29 is 24.2 Å². The number of nitrogens with one attached hydrogen (secondary N) is 1. The number of aryl methyl sites for hydroxylation is 2. The Balaban J connectivity index is 1.51. The van der Waals surface area contributed by atoms with Crippen molar-refractivity contribution in [3.8, 4) is 0 Å². The summed E-state index contributed by atoms with van der Waals surface area (Å²) < 4.78 is 12.4. The van der Waals surface area contributed by atoms with Crippen molar-refractivity contribution in [1.82, 2.24) is 10.2 Å². The molecule has 2 atom stereocenters. The van der Waals surface area contributed by atoms with Crippen LogP contribution in [-0.4, -0.2) is 53.9 Å². The monoisotopic (exact) mass is 510 g/mol. The Hall–Kier alpha value is -2.90. The van der Waals surface area contributed by atoms with Gasteiger partial charge in [0.2, 0.25) is 0 Å². The van der Waals surface area contributed by atoms with Crippen LogP contribution in [0.5, 0.6) is 0 Å². The average molecular weight is 511 g/mol. The van der Waals surface area contributed by atoms with Crippen molar-refractivity contribution in [3.63, 3.8) is 0 Å². The van der Waals surface area contributed by atoms with Gasteiger partial charge >= 0.3 is 12.0 Å². The normalized spacial score (nSPS) is 17.4. The summed E-state index contributed by atoms with van der Waals surface area (Å²) in [5.74, 6) is -0.921. The smallest absolute Gasteiger partial charge is 0.336 e. The summed E-state index contributed by atoms with van der Waals surface area (Å²) >= 11 is 0. The van der Waals surface area contributed by atoms with Crippen LogP contribution in [-0.2, 0) is 22.6 Å². The number of benzene rings is 2. The number of carbonyl (C=O) groups is 2. The van der Waals surface area contributed by atoms with Crippen LogP contribution in [0.15, 0.2) is 42.5 Å². The van der Waals surface area contributed by atoms with Crippen LogP contribution in [0.1, 0.15) is 78.1 Å². The van der Waals surface area contributed by atoms with Gasteiger partial charge in [-0.15, -0.1) is 0 Å². The fraction of sp³-hybridized carbons (Fsp3) is 0.533. The van der Waals surface area contributed by atoms with Gasteiger partial charge in [-0.25, -0.2) is 9.59 Å². The maximum atomic E-state index is 12.9. The lowest BCUT2D eigenvalue weighted by molar-refractivity contribution is -0.0526. The minimum Gasteiger partial charge on any atom is -0.478 e. The highest BCUT2D eigenvalue weighted by atomic mass is 16.5. The lowest BCUT2D eigenvalue weighted by Gasteiger charge is -2.30. The molecule has 0 bridgehead atoms. The van der Waals surface area contributed by atoms with Crippen LogP contribution in [0, 0.1) is 13.8 Å². The highest BCUT2D eigenvalue weighted by Crippen LogP contribution is 2.25. The molecule has 1 aliphatic rings. The van der Waals surface area contributed by atoms with E-state index in [-0.39, 0.29) is 24.8 Å². The number of carbonyl (C=O) groups excluding carboxylic acids is 1. The van der Waals surface area contributed by atoms with Gasteiger partial charge in [-0.3, -0.25) is 0 Å². The molecule has 3 rings (SSSR count). The Kier molecular flexibility index (Phi) is 11.4. The zero-order chi connectivity index (χ0) is 26.6. The summed E-state index contributed by atoms with van der Waals surface area (Å²) in [7, 11) is 0. The van der Waals surface area contributed by atoms with Crippen molar-refractivity contribution in [1.29, 1.82) is 0 Å². The SMILES string of the molecule is CCCCNC(=O)N(CCOC1CCCC(OCc2cccc(C)c2C(=O)O)C1)Cc1cccc(C)c1. The molecule has 2 N–H and O–H groups in total.